The number of nitrogens with one attached hydrogen (secondary N) is 2. The van der Waals surface area contributed by atoms with Gasteiger partial charge in [0.15, 0.2) is 11.5 Å². The molecule has 0 saturated carbocycles. The van der Waals surface area contributed by atoms with Crippen LogP contribution in [0.25, 0.3) is 10.9 Å². The van der Waals surface area contributed by atoms with Crippen LogP contribution in [0, 0.1) is 0 Å². The number of ether oxygens (including phenoxy) is 4. The Labute approximate surface area is 193 Å². The summed E-state index contributed by atoms with van der Waals surface area (Å²) in [5.74, 6) is 2.73. The minimum Gasteiger partial charge on any atom is -0.496 e. The fourth-order valence-corrected chi connectivity index (χ4v) is 4.37. The number of piperidine rings is 1. The van der Waals surface area contributed by atoms with Crippen molar-refractivity contribution in [1.82, 2.24) is 15.2 Å². The molecule has 1 saturated heterocycles. The van der Waals surface area contributed by atoms with Crippen molar-refractivity contribution in [3.63, 3.8) is 0 Å². The van der Waals surface area contributed by atoms with E-state index < -0.39 is 0 Å². The Morgan fingerprint density at radius 3 is 2.21 bits per heavy atom. The smallest absolute Gasteiger partial charge is 0.267 e. The molecule has 0 spiro atoms. The summed E-state index contributed by atoms with van der Waals surface area (Å²) in [5.41, 5.74) is 2.43. The molecule has 1 aliphatic rings. The lowest BCUT2D eigenvalue weighted by atomic mass is 10.0. The molecule has 3 aromatic rings. The Balaban J connectivity index is 1.36. The number of aromatic amines is 1. The number of hydrogen-bond acceptors (Lipinski definition) is 6. The molecule has 2 N–H and O–H groups in total. The number of amides is 1. The number of likely N-dealkylation sites (tertiary alicyclic amines) is 1. The van der Waals surface area contributed by atoms with Gasteiger partial charge in [-0.2, -0.15) is 0 Å². The summed E-state index contributed by atoms with van der Waals surface area (Å²) in [6, 6.07) is 11.6. The molecule has 0 unspecified atom stereocenters. The van der Waals surface area contributed by atoms with Gasteiger partial charge in [-0.05, 0) is 48.7 Å². The Morgan fingerprint density at radius 1 is 0.909 bits per heavy atom. The van der Waals surface area contributed by atoms with Gasteiger partial charge in [0.2, 0.25) is 0 Å². The summed E-state index contributed by atoms with van der Waals surface area (Å²) >= 11 is 0. The lowest BCUT2D eigenvalue weighted by Gasteiger charge is -2.32. The van der Waals surface area contributed by atoms with E-state index in [-0.39, 0.29) is 11.9 Å². The fraction of sp³-hybridized carbons (Fsp3) is 0.400. The first kappa shape index (κ1) is 22.8. The molecular formula is C25H31N3O5. The summed E-state index contributed by atoms with van der Waals surface area (Å²) in [4.78, 5) is 18.5. The van der Waals surface area contributed by atoms with Gasteiger partial charge in [-0.3, -0.25) is 9.69 Å². The number of methoxy groups -OCH3 is 4. The lowest BCUT2D eigenvalue weighted by Crippen LogP contribution is -2.44. The van der Waals surface area contributed by atoms with E-state index in [1.54, 1.807) is 28.4 Å². The molecule has 8 nitrogen and oxygen atoms in total. The second-order valence-corrected chi connectivity index (χ2v) is 8.15. The Hall–Kier alpha value is -3.39. The summed E-state index contributed by atoms with van der Waals surface area (Å²) in [6.07, 6.45) is 1.79. The average molecular weight is 454 g/mol. The number of aromatic nitrogens is 1. The van der Waals surface area contributed by atoms with E-state index in [2.05, 4.69) is 21.3 Å². The van der Waals surface area contributed by atoms with Gasteiger partial charge >= 0.3 is 0 Å². The molecule has 1 aliphatic heterocycles. The van der Waals surface area contributed by atoms with E-state index in [1.165, 1.54) is 5.56 Å². The highest BCUT2D eigenvalue weighted by molar-refractivity contribution is 6.01. The SMILES string of the molecule is COc1ccc(CN2CCC(NC(=O)c3cc4c(OC)ccc(OC)c4[nH]3)CC2)cc1OC. The topological polar surface area (TPSA) is 85.0 Å². The number of nitrogens with zero attached hydrogens (tertiary/aromatic N) is 1. The minimum atomic E-state index is -0.117. The molecule has 0 radical (unpaired) electrons. The first-order chi connectivity index (χ1) is 16.1. The zero-order valence-corrected chi connectivity index (χ0v) is 19.6. The van der Waals surface area contributed by atoms with E-state index in [1.807, 2.05) is 30.3 Å². The molecule has 1 amide bonds. The van der Waals surface area contributed by atoms with E-state index in [0.717, 1.165) is 54.9 Å². The molecule has 0 aliphatic carbocycles. The van der Waals surface area contributed by atoms with Gasteiger partial charge in [0.05, 0.1) is 34.0 Å². The number of benzene rings is 2. The molecule has 4 rings (SSSR count). The third kappa shape index (κ3) is 4.85. The Kier molecular flexibility index (Phi) is 6.93. The van der Waals surface area contributed by atoms with Crippen LogP contribution in [-0.2, 0) is 6.54 Å². The van der Waals surface area contributed by atoms with Crippen LogP contribution in [0.1, 0.15) is 28.9 Å². The first-order valence-corrected chi connectivity index (χ1v) is 11.0. The van der Waals surface area contributed by atoms with Crippen molar-refractivity contribution < 1.29 is 23.7 Å². The highest BCUT2D eigenvalue weighted by Gasteiger charge is 2.23. The highest BCUT2D eigenvalue weighted by Crippen LogP contribution is 2.33. The van der Waals surface area contributed by atoms with Gasteiger partial charge in [0.1, 0.15) is 17.2 Å². The molecule has 8 heteroatoms. The summed E-state index contributed by atoms with van der Waals surface area (Å²) < 4.78 is 21.6. The summed E-state index contributed by atoms with van der Waals surface area (Å²) in [7, 11) is 6.51. The van der Waals surface area contributed by atoms with Crippen LogP contribution in [0.2, 0.25) is 0 Å². The number of hydrogen-bond donors (Lipinski definition) is 2. The van der Waals surface area contributed by atoms with Crippen LogP contribution in [0.4, 0.5) is 0 Å². The molecule has 176 valence electrons. The standard InChI is InChI=1S/C25H31N3O5/c1-30-20-7-8-22(32-3)24-18(20)14-19(27-24)25(29)26-17-9-11-28(12-10-17)15-16-5-6-21(31-2)23(13-16)33-4/h5-8,13-14,17,27H,9-12,15H2,1-4H3,(H,26,29). The van der Waals surface area contributed by atoms with Gasteiger partial charge in [0.25, 0.3) is 5.91 Å². The first-order valence-electron chi connectivity index (χ1n) is 11.0. The third-order valence-electron chi connectivity index (χ3n) is 6.18. The van der Waals surface area contributed by atoms with Gasteiger partial charge in [-0.15, -0.1) is 0 Å². The predicted molar refractivity (Wildman–Crippen MR) is 127 cm³/mol. The molecular weight excluding hydrogens is 422 g/mol. The maximum atomic E-state index is 12.9. The average Bonchev–Trinajstić information content (AvgIpc) is 3.30. The molecule has 0 bridgehead atoms. The van der Waals surface area contributed by atoms with Crippen LogP contribution in [0.3, 0.4) is 0 Å². The zero-order valence-electron chi connectivity index (χ0n) is 19.6. The predicted octanol–water partition coefficient (Wildman–Crippen LogP) is 3.60. The Bertz CT molecular complexity index is 1080. The third-order valence-corrected chi connectivity index (χ3v) is 6.18. The molecule has 2 aromatic carbocycles. The zero-order chi connectivity index (χ0) is 23.4. The largest absolute Gasteiger partial charge is 0.496 e. The van der Waals surface area contributed by atoms with Crippen LogP contribution < -0.4 is 24.3 Å². The quantitative estimate of drug-likeness (QED) is 0.542. The lowest BCUT2D eigenvalue weighted by molar-refractivity contribution is 0.0904. The van der Waals surface area contributed by atoms with Crippen LogP contribution in [-0.4, -0.2) is 63.4 Å². The van der Waals surface area contributed by atoms with Crippen molar-refractivity contribution in [2.24, 2.45) is 0 Å². The van der Waals surface area contributed by atoms with Crippen LogP contribution in [0.5, 0.6) is 23.0 Å². The van der Waals surface area contributed by atoms with Crippen molar-refractivity contribution in [1.29, 1.82) is 0 Å². The number of H-pyrrole nitrogens is 1. The number of rotatable bonds is 8. The molecule has 1 fully saturated rings. The second-order valence-electron chi connectivity index (χ2n) is 8.15. The second kappa shape index (κ2) is 10.0. The van der Waals surface area contributed by atoms with Crippen molar-refractivity contribution in [3.8, 4) is 23.0 Å². The van der Waals surface area contributed by atoms with Crippen molar-refractivity contribution >= 4 is 16.8 Å². The number of carbonyl (C=O) groups excluding carboxylic acids is 1. The molecule has 33 heavy (non-hydrogen) atoms. The van der Waals surface area contributed by atoms with E-state index >= 15 is 0 Å². The monoisotopic (exact) mass is 453 g/mol. The number of fused-ring (bicyclic) bond motifs is 1. The molecule has 0 atom stereocenters. The number of carbonyl (C=O) groups is 1. The highest BCUT2D eigenvalue weighted by atomic mass is 16.5. The Morgan fingerprint density at radius 2 is 1.55 bits per heavy atom. The molecule has 1 aromatic heterocycles. The maximum Gasteiger partial charge on any atom is 0.267 e. The van der Waals surface area contributed by atoms with Crippen molar-refractivity contribution in [2.75, 3.05) is 41.5 Å². The normalized spacial score (nSPS) is 14.8. The van der Waals surface area contributed by atoms with E-state index in [0.29, 0.717) is 17.2 Å². The summed E-state index contributed by atoms with van der Waals surface area (Å²) in [5, 5.41) is 4.00. The fourth-order valence-electron chi connectivity index (χ4n) is 4.37. The van der Waals surface area contributed by atoms with Crippen molar-refractivity contribution in [2.45, 2.75) is 25.4 Å². The summed E-state index contributed by atoms with van der Waals surface area (Å²) in [6.45, 7) is 2.66. The maximum absolute atomic E-state index is 12.9. The molecule has 2 heterocycles. The van der Waals surface area contributed by atoms with E-state index in [9.17, 15) is 4.79 Å². The van der Waals surface area contributed by atoms with Gasteiger partial charge in [-0.25, -0.2) is 0 Å². The van der Waals surface area contributed by atoms with Crippen LogP contribution in [0.15, 0.2) is 36.4 Å². The van der Waals surface area contributed by atoms with Gasteiger partial charge in [0, 0.05) is 31.1 Å². The van der Waals surface area contributed by atoms with Crippen LogP contribution >= 0.6 is 0 Å². The van der Waals surface area contributed by atoms with E-state index in [4.69, 9.17) is 18.9 Å². The minimum absolute atomic E-state index is 0.117. The van der Waals surface area contributed by atoms with Crippen molar-refractivity contribution in [3.05, 3.63) is 47.7 Å². The van der Waals surface area contributed by atoms with Gasteiger partial charge in [-0.1, -0.05) is 6.07 Å². The van der Waals surface area contributed by atoms with Gasteiger partial charge < -0.3 is 29.2 Å².